The fourth-order valence-electron chi connectivity index (χ4n) is 3.53. The summed E-state index contributed by atoms with van der Waals surface area (Å²) in [6.07, 6.45) is 3.27. The Balaban J connectivity index is 1.59. The van der Waals surface area contributed by atoms with Crippen LogP contribution < -0.4 is 11.0 Å². The number of rotatable bonds is 1. The Labute approximate surface area is 121 Å². The van der Waals surface area contributed by atoms with Gasteiger partial charge >= 0.3 is 11.8 Å². The van der Waals surface area contributed by atoms with Crippen molar-refractivity contribution in [1.29, 1.82) is 0 Å². The van der Waals surface area contributed by atoms with E-state index in [1.165, 1.54) is 0 Å². The summed E-state index contributed by atoms with van der Waals surface area (Å²) in [4.78, 5) is 27.0. The monoisotopic (exact) mass is 287 g/mol. The lowest BCUT2D eigenvalue weighted by Gasteiger charge is -2.28. The highest BCUT2D eigenvalue weighted by Crippen LogP contribution is 2.28. The number of H-pyrrole nitrogens is 1. The molecule has 0 aliphatic carbocycles. The van der Waals surface area contributed by atoms with E-state index in [2.05, 4.69) is 10.3 Å². The van der Waals surface area contributed by atoms with Gasteiger partial charge in [0.1, 0.15) is 6.10 Å². The molecule has 6 heteroatoms. The van der Waals surface area contributed by atoms with Crippen molar-refractivity contribution < 1.29 is 9.53 Å². The summed E-state index contributed by atoms with van der Waals surface area (Å²) in [7, 11) is 0. The average molecular weight is 287 g/mol. The van der Waals surface area contributed by atoms with Crippen LogP contribution >= 0.6 is 0 Å². The second-order valence-corrected chi connectivity index (χ2v) is 5.90. The molecule has 2 N–H and O–H groups in total. The third kappa shape index (κ3) is 2.15. The SMILES string of the molecule is O=C(OC1CC2CCC(C1)N2)n1c(=O)[nH]c2ccccc21. The average Bonchev–Trinajstić information content (AvgIpc) is 2.97. The van der Waals surface area contributed by atoms with Crippen molar-refractivity contribution in [2.45, 2.75) is 43.9 Å². The number of hydrogen-bond acceptors (Lipinski definition) is 4. The van der Waals surface area contributed by atoms with Gasteiger partial charge in [-0.25, -0.2) is 9.59 Å². The number of aromatic nitrogens is 2. The number of carbonyl (C=O) groups excluding carboxylic acids is 1. The van der Waals surface area contributed by atoms with E-state index >= 15 is 0 Å². The van der Waals surface area contributed by atoms with Crippen LogP contribution in [-0.2, 0) is 4.74 Å². The zero-order valence-corrected chi connectivity index (χ0v) is 11.5. The van der Waals surface area contributed by atoms with Gasteiger partial charge in [-0.05, 0) is 37.8 Å². The Kier molecular flexibility index (Phi) is 2.85. The van der Waals surface area contributed by atoms with Crippen LogP contribution in [0.1, 0.15) is 25.7 Å². The van der Waals surface area contributed by atoms with Crippen molar-refractivity contribution in [3.05, 3.63) is 34.7 Å². The Morgan fingerprint density at radius 1 is 1.19 bits per heavy atom. The van der Waals surface area contributed by atoms with E-state index in [0.29, 0.717) is 23.1 Å². The van der Waals surface area contributed by atoms with Gasteiger partial charge in [-0.15, -0.1) is 0 Å². The molecule has 0 saturated carbocycles. The minimum atomic E-state index is -0.580. The van der Waals surface area contributed by atoms with Crippen molar-refractivity contribution in [3.8, 4) is 0 Å². The minimum absolute atomic E-state index is 0.100. The van der Waals surface area contributed by atoms with Crippen molar-refractivity contribution in [2.24, 2.45) is 0 Å². The van der Waals surface area contributed by atoms with Crippen LogP contribution in [0.15, 0.2) is 29.1 Å². The molecule has 0 spiro atoms. The second kappa shape index (κ2) is 4.73. The topological polar surface area (TPSA) is 76.1 Å². The number of benzene rings is 1. The number of piperidine rings is 1. The lowest BCUT2D eigenvalue weighted by Crippen LogP contribution is -2.43. The molecule has 110 valence electrons. The van der Waals surface area contributed by atoms with Gasteiger partial charge in [0.05, 0.1) is 11.0 Å². The molecule has 2 aromatic rings. The highest BCUT2D eigenvalue weighted by Gasteiger charge is 2.35. The third-order valence-corrected chi connectivity index (χ3v) is 4.47. The summed E-state index contributed by atoms with van der Waals surface area (Å²) >= 11 is 0. The Hall–Kier alpha value is -2.08. The molecule has 2 bridgehead atoms. The van der Waals surface area contributed by atoms with E-state index in [1.807, 2.05) is 6.07 Å². The van der Waals surface area contributed by atoms with Crippen molar-refractivity contribution in [1.82, 2.24) is 14.9 Å². The third-order valence-electron chi connectivity index (χ3n) is 4.47. The maximum Gasteiger partial charge on any atom is 0.423 e. The van der Waals surface area contributed by atoms with Crippen molar-refractivity contribution in [3.63, 3.8) is 0 Å². The molecule has 6 nitrogen and oxygen atoms in total. The molecule has 21 heavy (non-hydrogen) atoms. The van der Waals surface area contributed by atoms with Crippen LogP contribution in [0.5, 0.6) is 0 Å². The molecule has 2 fully saturated rings. The van der Waals surface area contributed by atoms with E-state index in [-0.39, 0.29) is 6.10 Å². The Morgan fingerprint density at radius 3 is 2.67 bits per heavy atom. The van der Waals surface area contributed by atoms with Gasteiger partial charge in [0.25, 0.3) is 0 Å². The standard InChI is InChI=1S/C15H17N3O3/c19-14-17-12-3-1-2-4-13(12)18(14)15(20)21-11-7-9-5-6-10(8-11)16-9/h1-4,9-11,16H,5-8H2,(H,17,19). The first-order chi connectivity index (χ1) is 10.2. The molecule has 3 heterocycles. The number of nitrogens with zero attached hydrogens (tertiary/aromatic N) is 1. The van der Waals surface area contributed by atoms with Crippen LogP contribution in [0.25, 0.3) is 11.0 Å². The molecule has 2 unspecified atom stereocenters. The number of imidazole rings is 1. The summed E-state index contributed by atoms with van der Waals surface area (Å²) in [5.41, 5.74) is 0.757. The highest BCUT2D eigenvalue weighted by molar-refractivity contribution is 5.86. The largest absolute Gasteiger partial charge is 0.445 e. The van der Waals surface area contributed by atoms with Crippen LogP contribution in [-0.4, -0.2) is 33.8 Å². The van der Waals surface area contributed by atoms with Gasteiger partial charge in [-0.3, -0.25) is 0 Å². The summed E-state index contributed by atoms with van der Waals surface area (Å²) < 4.78 is 6.65. The van der Waals surface area contributed by atoms with E-state index in [9.17, 15) is 9.59 Å². The fourth-order valence-corrected chi connectivity index (χ4v) is 3.53. The van der Waals surface area contributed by atoms with Crippen LogP contribution in [0.3, 0.4) is 0 Å². The van der Waals surface area contributed by atoms with Gasteiger partial charge in [0, 0.05) is 12.1 Å². The summed E-state index contributed by atoms with van der Waals surface area (Å²) in [5.74, 6) is 0. The first-order valence-electron chi connectivity index (χ1n) is 7.37. The summed E-state index contributed by atoms with van der Waals surface area (Å²) in [6, 6.07) is 8.01. The summed E-state index contributed by atoms with van der Waals surface area (Å²) in [5, 5.41) is 3.50. The predicted molar refractivity (Wildman–Crippen MR) is 77.4 cm³/mol. The number of ether oxygens (including phenoxy) is 1. The molecule has 1 aromatic carbocycles. The molecule has 2 aliphatic heterocycles. The number of aromatic amines is 1. The lowest BCUT2D eigenvalue weighted by atomic mass is 10.0. The molecule has 4 rings (SSSR count). The van der Waals surface area contributed by atoms with Crippen LogP contribution in [0.2, 0.25) is 0 Å². The molecular formula is C15H17N3O3. The van der Waals surface area contributed by atoms with E-state index in [1.54, 1.807) is 18.2 Å². The van der Waals surface area contributed by atoms with E-state index in [0.717, 1.165) is 30.3 Å². The van der Waals surface area contributed by atoms with Gasteiger partial charge in [-0.2, -0.15) is 4.57 Å². The first kappa shape index (κ1) is 12.6. The maximum absolute atomic E-state index is 12.3. The number of nitrogens with one attached hydrogen (secondary N) is 2. The van der Waals surface area contributed by atoms with E-state index < -0.39 is 11.8 Å². The number of para-hydroxylation sites is 2. The van der Waals surface area contributed by atoms with Crippen LogP contribution in [0.4, 0.5) is 4.79 Å². The molecule has 0 amide bonds. The van der Waals surface area contributed by atoms with Gasteiger partial charge in [0.15, 0.2) is 0 Å². The lowest BCUT2D eigenvalue weighted by molar-refractivity contribution is 0.0682. The second-order valence-electron chi connectivity index (χ2n) is 5.90. The predicted octanol–water partition coefficient (Wildman–Crippen LogP) is 1.60. The highest BCUT2D eigenvalue weighted by atomic mass is 16.6. The first-order valence-corrected chi connectivity index (χ1v) is 7.37. The fraction of sp³-hybridized carbons (Fsp3) is 0.467. The summed E-state index contributed by atoms with van der Waals surface area (Å²) in [6.45, 7) is 0. The van der Waals surface area contributed by atoms with Crippen LogP contribution in [0, 0.1) is 0 Å². The number of hydrogen-bond donors (Lipinski definition) is 2. The molecule has 0 radical (unpaired) electrons. The zero-order valence-electron chi connectivity index (χ0n) is 11.5. The molecular weight excluding hydrogens is 270 g/mol. The minimum Gasteiger partial charge on any atom is -0.445 e. The molecule has 2 atom stereocenters. The molecule has 2 saturated heterocycles. The molecule has 2 aliphatic rings. The van der Waals surface area contributed by atoms with E-state index in [4.69, 9.17) is 4.74 Å². The van der Waals surface area contributed by atoms with Gasteiger partial charge in [-0.1, -0.05) is 12.1 Å². The number of carbonyl (C=O) groups is 1. The van der Waals surface area contributed by atoms with Gasteiger partial charge < -0.3 is 15.0 Å². The smallest absolute Gasteiger partial charge is 0.423 e. The maximum atomic E-state index is 12.3. The van der Waals surface area contributed by atoms with Crippen molar-refractivity contribution in [2.75, 3.05) is 0 Å². The van der Waals surface area contributed by atoms with Gasteiger partial charge in [0.2, 0.25) is 0 Å². The Bertz CT molecular complexity index is 736. The van der Waals surface area contributed by atoms with Crippen molar-refractivity contribution >= 4 is 17.1 Å². The zero-order chi connectivity index (χ0) is 14.4. The Morgan fingerprint density at radius 2 is 1.90 bits per heavy atom. The normalized spacial score (nSPS) is 27.9. The molecule has 1 aromatic heterocycles. The number of fused-ring (bicyclic) bond motifs is 3. The quantitative estimate of drug-likeness (QED) is 0.835.